The Morgan fingerprint density at radius 1 is 1.23 bits per heavy atom. The second-order valence-electron chi connectivity index (χ2n) is 5.60. The molecule has 0 bridgehead atoms. The Morgan fingerprint density at radius 2 is 2.14 bits per heavy atom. The highest BCUT2D eigenvalue weighted by Gasteiger charge is 2.30. The summed E-state index contributed by atoms with van der Waals surface area (Å²) >= 11 is 0. The van der Waals surface area contributed by atoms with Gasteiger partial charge in [-0.15, -0.1) is 0 Å². The summed E-state index contributed by atoms with van der Waals surface area (Å²) in [6.07, 6.45) is 2.94. The Balaban J connectivity index is 1.55. The van der Waals surface area contributed by atoms with Crippen LogP contribution < -0.4 is 0 Å². The fourth-order valence-corrected chi connectivity index (χ4v) is 3.02. The fourth-order valence-electron chi connectivity index (χ4n) is 3.02. The summed E-state index contributed by atoms with van der Waals surface area (Å²) in [7, 11) is 0. The molecule has 4 rings (SSSR count). The number of aromatic nitrogens is 3. The van der Waals surface area contributed by atoms with Crippen LogP contribution in [0.5, 0.6) is 0 Å². The molecule has 114 valence electrons. The highest BCUT2D eigenvalue weighted by atomic mass is 16.5. The number of oxazole rings is 1. The minimum Gasteiger partial charge on any atom is -0.439 e. The van der Waals surface area contributed by atoms with E-state index in [1.165, 1.54) is 0 Å². The van der Waals surface area contributed by atoms with Crippen LogP contribution in [-0.4, -0.2) is 26.6 Å². The molecule has 1 aliphatic heterocycles. The smallest absolute Gasteiger partial charge is 0.226 e. The molecule has 0 aliphatic carbocycles. The van der Waals surface area contributed by atoms with Crippen molar-refractivity contribution in [2.24, 2.45) is 0 Å². The molecule has 1 aromatic carbocycles. The summed E-state index contributed by atoms with van der Waals surface area (Å²) < 4.78 is 11.1. The summed E-state index contributed by atoms with van der Waals surface area (Å²) in [4.78, 5) is 11.3. The van der Waals surface area contributed by atoms with Gasteiger partial charge >= 0.3 is 0 Å². The molecule has 2 aromatic heterocycles. The lowest BCUT2D eigenvalue weighted by molar-refractivity contribution is 0.214. The minimum atomic E-state index is 0.194. The van der Waals surface area contributed by atoms with Gasteiger partial charge in [-0.1, -0.05) is 24.2 Å². The van der Waals surface area contributed by atoms with Crippen molar-refractivity contribution in [3.63, 3.8) is 0 Å². The molecule has 1 atom stereocenters. The van der Waals surface area contributed by atoms with Gasteiger partial charge in [-0.3, -0.25) is 4.90 Å². The van der Waals surface area contributed by atoms with Crippen LogP contribution in [0.3, 0.4) is 0 Å². The van der Waals surface area contributed by atoms with Crippen molar-refractivity contribution in [2.75, 3.05) is 6.54 Å². The zero-order valence-electron chi connectivity index (χ0n) is 12.5. The van der Waals surface area contributed by atoms with Crippen LogP contribution in [0.15, 0.2) is 33.2 Å². The van der Waals surface area contributed by atoms with Crippen LogP contribution in [0.2, 0.25) is 0 Å². The quantitative estimate of drug-likeness (QED) is 0.737. The lowest BCUT2D eigenvalue weighted by atomic mass is 10.2. The molecule has 22 heavy (non-hydrogen) atoms. The first-order chi connectivity index (χ1) is 10.8. The monoisotopic (exact) mass is 298 g/mol. The normalized spacial score (nSPS) is 19.2. The van der Waals surface area contributed by atoms with E-state index in [4.69, 9.17) is 8.94 Å². The van der Waals surface area contributed by atoms with Crippen LogP contribution in [0.4, 0.5) is 0 Å². The van der Waals surface area contributed by atoms with Crippen molar-refractivity contribution in [3.05, 3.63) is 41.9 Å². The summed E-state index contributed by atoms with van der Waals surface area (Å²) in [6.45, 7) is 3.69. The van der Waals surface area contributed by atoms with Crippen molar-refractivity contribution in [2.45, 2.75) is 38.8 Å². The second-order valence-corrected chi connectivity index (χ2v) is 5.60. The Labute approximate surface area is 128 Å². The first-order valence-corrected chi connectivity index (χ1v) is 7.74. The summed E-state index contributed by atoms with van der Waals surface area (Å²) in [5, 5.41) is 4.12. The van der Waals surface area contributed by atoms with Crippen LogP contribution in [0.1, 0.15) is 43.4 Å². The van der Waals surface area contributed by atoms with Gasteiger partial charge < -0.3 is 8.94 Å². The molecule has 6 heteroatoms. The predicted octanol–water partition coefficient (Wildman–Crippen LogP) is 3.11. The highest BCUT2D eigenvalue weighted by molar-refractivity contribution is 5.72. The van der Waals surface area contributed by atoms with Crippen LogP contribution in [0, 0.1) is 0 Å². The molecule has 0 N–H and O–H groups in total. The van der Waals surface area contributed by atoms with Gasteiger partial charge in [0.1, 0.15) is 5.52 Å². The van der Waals surface area contributed by atoms with Crippen molar-refractivity contribution < 1.29 is 8.94 Å². The molecule has 1 saturated heterocycles. The highest BCUT2D eigenvalue weighted by Crippen LogP contribution is 2.31. The van der Waals surface area contributed by atoms with Gasteiger partial charge in [0.05, 0.1) is 12.6 Å². The molecule has 0 spiro atoms. The average molecular weight is 298 g/mol. The van der Waals surface area contributed by atoms with Crippen molar-refractivity contribution in [3.8, 4) is 0 Å². The van der Waals surface area contributed by atoms with Crippen LogP contribution in [0.25, 0.3) is 11.1 Å². The molecule has 0 saturated carbocycles. The third-order valence-corrected chi connectivity index (χ3v) is 4.12. The van der Waals surface area contributed by atoms with Gasteiger partial charge in [-0.05, 0) is 31.5 Å². The maximum Gasteiger partial charge on any atom is 0.226 e. The third-order valence-electron chi connectivity index (χ3n) is 4.12. The largest absolute Gasteiger partial charge is 0.439 e. The molecule has 3 aromatic rings. The molecule has 3 heterocycles. The standard InChI is InChI=1S/C16H18N4O2/c1-2-14-18-16(19-22-14)12-7-5-9-20(12)10-15-17-11-6-3-4-8-13(11)21-15/h3-4,6,8,12H,2,5,7,9-10H2,1H3. The number of para-hydroxylation sites is 2. The average Bonchev–Trinajstić information content (AvgIpc) is 3.25. The molecule has 0 amide bonds. The molecule has 6 nitrogen and oxygen atoms in total. The molecule has 1 unspecified atom stereocenters. The van der Waals surface area contributed by atoms with Gasteiger partial charge in [-0.2, -0.15) is 4.98 Å². The van der Waals surface area contributed by atoms with Crippen molar-refractivity contribution in [1.82, 2.24) is 20.0 Å². The number of nitrogens with zero attached hydrogens (tertiary/aromatic N) is 4. The number of aryl methyl sites for hydroxylation is 1. The maximum atomic E-state index is 5.82. The van der Waals surface area contributed by atoms with Crippen molar-refractivity contribution >= 4 is 11.1 Å². The van der Waals surface area contributed by atoms with E-state index in [2.05, 4.69) is 20.0 Å². The lowest BCUT2D eigenvalue weighted by Crippen LogP contribution is -2.23. The second kappa shape index (κ2) is 5.53. The van der Waals surface area contributed by atoms with Gasteiger partial charge in [0.2, 0.25) is 11.8 Å². The topological polar surface area (TPSA) is 68.2 Å². The van der Waals surface area contributed by atoms with E-state index in [1.54, 1.807) is 0 Å². The summed E-state index contributed by atoms with van der Waals surface area (Å²) in [5.41, 5.74) is 1.74. The Hall–Kier alpha value is -2.21. The number of hydrogen-bond acceptors (Lipinski definition) is 6. The predicted molar refractivity (Wildman–Crippen MR) is 80.1 cm³/mol. The number of fused-ring (bicyclic) bond motifs is 1. The van der Waals surface area contributed by atoms with E-state index in [9.17, 15) is 0 Å². The zero-order chi connectivity index (χ0) is 14.9. The van der Waals surface area contributed by atoms with E-state index >= 15 is 0 Å². The summed E-state index contributed by atoms with van der Waals surface area (Å²) in [6, 6.07) is 8.04. The van der Waals surface area contributed by atoms with Gasteiger partial charge in [-0.25, -0.2) is 4.98 Å². The molecular weight excluding hydrogens is 280 g/mol. The first-order valence-electron chi connectivity index (χ1n) is 7.74. The van der Waals surface area contributed by atoms with E-state index in [0.29, 0.717) is 12.4 Å². The van der Waals surface area contributed by atoms with Gasteiger partial charge in [0.15, 0.2) is 11.4 Å². The van der Waals surface area contributed by atoms with Gasteiger partial charge in [0, 0.05) is 6.42 Å². The zero-order valence-corrected chi connectivity index (χ0v) is 12.5. The maximum absolute atomic E-state index is 5.82. The van der Waals surface area contributed by atoms with Crippen molar-refractivity contribution in [1.29, 1.82) is 0 Å². The molecule has 0 radical (unpaired) electrons. The lowest BCUT2D eigenvalue weighted by Gasteiger charge is -2.19. The van der Waals surface area contributed by atoms with E-state index in [0.717, 1.165) is 48.6 Å². The number of likely N-dealkylation sites (tertiary alicyclic amines) is 1. The SMILES string of the molecule is CCc1nc(C2CCCN2Cc2nc3ccccc3o2)no1. The molecule has 1 fully saturated rings. The van der Waals surface area contributed by atoms with E-state index in [1.807, 2.05) is 31.2 Å². The first kappa shape index (κ1) is 13.5. The minimum absolute atomic E-state index is 0.194. The fraction of sp³-hybridized carbons (Fsp3) is 0.438. The third kappa shape index (κ3) is 2.39. The van der Waals surface area contributed by atoms with E-state index < -0.39 is 0 Å². The molecule has 1 aliphatic rings. The number of rotatable bonds is 4. The van der Waals surface area contributed by atoms with Gasteiger partial charge in [0.25, 0.3) is 0 Å². The van der Waals surface area contributed by atoms with Crippen LogP contribution >= 0.6 is 0 Å². The Bertz CT molecular complexity index is 746. The Kier molecular flexibility index (Phi) is 3.38. The number of benzene rings is 1. The summed E-state index contributed by atoms with van der Waals surface area (Å²) in [5.74, 6) is 2.22. The number of hydrogen-bond donors (Lipinski definition) is 0. The Morgan fingerprint density at radius 3 is 2.95 bits per heavy atom. The molecular formula is C16H18N4O2. The van der Waals surface area contributed by atoms with Crippen LogP contribution in [-0.2, 0) is 13.0 Å². The van der Waals surface area contributed by atoms with E-state index in [-0.39, 0.29) is 6.04 Å².